The van der Waals surface area contributed by atoms with Crippen molar-refractivity contribution in [2.24, 2.45) is 0 Å². The largest absolute Gasteiger partial charge is 0.316 e. The predicted octanol–water partition coefficient (Wildman–Crippen LogP) is 3.09. The van der Waals surface area contributed by atoms with Crippen LogP contribution in [0.5, 0.6) is 0 Å². The van der Waals surface area contributed by atoms with Gasteiger partial charge in [0.25, 0.3) is 10.0 Å². The van der Waals surface area contributed by atoms with Crippen molar-refractivity contribution < 1.29 is 13.2 Å². The lowest BCUT2D eigenvalue weighted by Gasteiger charge is -2.16. The standard InChI is InChI=1S/C17H20N2O3S/c1-12-5-6-13(2)17(11-12)23(21,22)18-15-7-9-16(10-8-15)19(4)14(3)20/h5-11,18H,1-4H3. The van der Waals surface area contributed by atoms with Gasteiger partial charge >= 0.3 is 0 Å². The average Bonchev–Trinajstić information content (AvgIpc) is 2.49. The summed E-state index contributed by atoms with van der Waals surface area (Å²) in [5, 5.41) is 0. The summed E-state index contributed by atoms with van der Waals surface area (Å²) < 4.78 is 27.6. The highest BCUT2D eigenvalue weighted by atomic mass is 32.2. The van der Waals surface area contributed by atoms with Crippen molar-refractivity contribution in [2.45, 2.75) is 25.7 Å². The van der Waals surface area contributed by atoms with Gasteiger partial charge in [-0.15, -0.1) is 0 Å². The van der Waals surface area contributed by atoms with Crippen molar-refractivity contribution in [3.8, 4) is 0 Å². The summed E-state index contributed by atoms with van der Waals surface area (Å²) in [6, 6.07) is 12.0. The maximum absolute atomic E-state index is 12.5. The van der Waals surface area contributed by atoms with Gasteiger partial charge in [-0.2, -0.15) is 0 Å². The molecule has 0 aliphatic heterocycles. The molecule has 0 saturated carbocycles. The van der Waals surface area contributed by atoms with Crippen LogP contribution in [0, 0.1) is 13.8 Å². The minimum absolute atomic E-state index is 0.0892. The smallest absolute Gasteiger partial charge is 0.262 e. The molecule has 122 valence electrons. The zero-order valence-electron chi connectivity index (χ0n) is 13.6. The number of nitrogens with one attached hydrogen (secondary N) is 1. The first-order chi connectivity index (χ1) is 10.7. The van der Waals surface area contributed by atoms with Gasteiger partial charge in [0.05, 0.1) is 4.90 Å². The number of anilines is 2. The zero-order valence-corrected chi connectivity index (χ0v) is 14.4. The second kappa shape index (κ2) is 6.42. The molecule has 2 aromatic rings. The quantitative estimate of drug-likeness (QED) is 0.935. The van der Waals surface area contributed by atoms with Crippen molar-refractivity contribution in [3.05, 3.63) is 53.6 Å². The molecule has 1 N–H and O–H groups in total. The second-order valence-corrected chi connectivity index (χ2v) is 7.15. The van der Waals surface area contributed by atoms with E-state index in [0.717, 1.165) is 5.56 Å². The number of hydrogen-bond acceptors (Lipinski definition) is 3. The first kappa shape index (κ1) is 17.0. The summed E-state index contributed by atoms with van der Waals surface area (Å²) in [7, 11) is -1.98. The van der Waals surface area contributed by atoms with E-state index in [1.165, 1.54) is 11.8 Å². The van der Waals surface area contributed by atoms with Crippen LogP contribution in [-0.4, -0.2) is 21.4 Å². The Morgan fingerprint density at radius 2 is 1.65 bits per heavy atom. The van der Waals surface area contributed by atoms with Crippen molar-refractivity contribution in [1.82, 2.24) is 0 Å². The summed E-state index contributed by atoms with van der Waals surface area (Å²) in [6.07, 6.45) is 0. The normalized spacial score (nSPS) is 11.1. The van der Waals surface area contributed by atoms with Gasteiger partial charge in [-0.1, -0.05) is 12.1 Å². The van der Waals surface area contributed by atoms with E-state index in [2.05, 4.69) is 4.72 Å². The Balaban J connectivity index is 2.27. The van der Waals surface area contributed by atoms with Crippen molar-refractivity contribution >= 4 is 27.3 Å². The van der Waals surface area contributed by atoms with Crippen LogP contribution in [-0.2, 0) is 14.8 Å². The number of carbonyl (C=O) groups is 1. The molecule has 0 aliphatic rings. The van der Waals surface area contributed by atoms with E-state index in [-0.39, 0.29) is 10.8 Å². The third-order valence-electron chi connectivity index (χ3n) is 3.61. The minimum atomic E-state index is -3.65. The van der Waals surface area contributed by atoms with E-state index >= 15 is 0 Å². The van der Waals surface area contributed by atoms with E-state index < -0.39 is 10.0 Å². The minimum Gasteiger partial charge on any atom is -0.316 e. The Morgan fingerprint density at radius 1 is 1.04 bits per heavy atom. The van der Waals surface area contributed by atoms with Crippen LogP contribution < -0.4 is 9.62 Å². The first-order valence-corrected chi connectivity index (χ1v) is 8.63. The molecule has 0 fully saturated rings. The molecule has 6 heteroatoms. The van der Waals surface area contributed by atoms with Gasteiger partial charge in [0.1, 0.15) is 0 Å². The SMILES string of the molecule is CC(=O)N(C)c1ccc(NS(=O)(=O)c2cc(C)ccc2C)cc1. The molecule has 0 aliphatic carbocycles. The van der Waals surface area contributed by atoms with Crippen LogP contribution in [0.1, 0.15) is 18.1 Å². The van der Waals surface area contributed by atoms with Crippen LogP contribution in [0.15, 0.2) is 47.4 Å². The lowest BCUT2D eigenvalue weighted by atomic mass is 10.2. The van der Waals surface area contributed by atoms with E-state index in [1.54, 1.807) is 50.4 Å². The van der Waals surface area contributed by atoms with Crippen molar-refractivity contribution in [3.63, 3.8) is 0 Å². The average molecular weight is 332 g/mol. The number of amides is 1. The van der Waals surface area contributed by atoms with Crippen LogP contribution in [0.4, 0.5) is 11.4 Å². The highest BCUT2D eigenvalue weighted by molar-refractivity contribution is 7.92. The molecule has 0 heterocycles. The highest BCUT2D eigenvalue weighted by Crippen LogP contribution is 2.22. The molecule has 5 nitrogen and oxygen atoms in total. The maximum atomic E-state index is 12.5. The molecule has 23 heavy (non-hydrogen) atoms. The Bertz CT molecular complexity index is 827. The van der Waals surface area contributed by atoms with E-state index in [4.69, 9.17) is 0 Å². The van der Waals surface area contributed by atoms with E-state index in [0.29, 0.717) is 16.9 Å². The Morgan fingerprint density at radius 3 is 2.22 bits per heavy atom. The van der Waals surface area contributed by atoms with Crippen molar-refractivity contribution in [1.29, 1.82) is 0 Å². The van der Waals surface area contributed by atoms with E-state index in [9.17, 15) is 13.2 Å². The lowest BCUT2D eigenvalue weighted by Crippen LogP contribution is -2.22. The molecule has 0 radical (unpaired) electrons. The Kier molecular flexibility index (Phi) is 4.75. The third kappa shape index (κ3) is 3.90. The summed E-state index contributed by atoms with van der Waals surface area (Å²) in [6.45, 7) is 5.08. The summed E-state index contributed by atoms with van der Waals surface area (Å²) >= 11 is 0. The monoisotopic (exact) mass is 332 g/mol. The van der Waals surface area contributed by atoms with Gasteiger partial charge in [0, 0.05) is 25.3 Å². The van der Waals surface area contributed by atoms with Crippen LogP contribution in [0.3, 0.4) is 0 Å². The van der Waals surface area contributed by atoms with Gasteiger partial charge in [0.2, 0.25) is 5.91 Å². The van der Waals surface area contributed by atoms with Gasteiger partial charge in [-0.25, -0.2) is 8.42 Å². The van der Waals surface area contributed by atoms with Gasteiger partial charge < -0.3 is 4.90 Å². The number of rotatable bonds is 4. The Labute approximate surface area is 137 Å². The fourth-order valence-corrected chi connectivity index (χ4v) is 3.53. The summed E-state index contributed by atoms with van der Waals surface area (Å²) in [5.41, 5.74) is 2.73. The van der Waals surface area contributed by atoms with E-state index in [1.807, 2.05) is 13.0 Å². The van der Waals surface area contributed by atoms with Gasteiger partial charge in [0.15, 0.2) is 0 Å². The fourth-order valence-electron chi connectivity index (χ4n) is 2.14. The number of nitrogens with zero attached hydrogens (tertiary/aromatic N) is 1. The molecule has 0 unspecified atom stereocenters. The second-order valence-electron chi connectivity index (χ2n) is 5.50. The molecule has 0 bridgehead atoms. The fraction of sp³-hybridized carbons (Fsp3) is 0.235. The molecule has 1 amide bonds. The summed E-state index contributed by atoms with van der Waals surface area (Å²) in [4.78, 5) is 13.1. The Hall–Kier alpha value is -2.34. The lowest BCUT2D eigenvalue weighted by molar-refractivity contribution is -0.116. The van der Waals surface area contributed by atoms with Crippen LogP contribution in [0.25, 0.3) is 0 Å². The van der Waals surface area contributed by atoms with Gasteiger partial charge in [-0.05, 0) is 55.3 Å². The number of aryl methyl sites for hydroxylation is 2. The third-order valence-corrected chi connectivity index (χ3v) is 5.14. The number of sulfonamides is 1. The molecule has 0 atom stereocenters. The number of benzene rings is 2. The predicted molar refractivity (Wildman–Crippen MR) is 92.3 cm³/mol. The van der Waals surface area contributed by atoms with Crippen LogP contribution in [0.2, 0.25) is 0 Å². The molecule has 0 aromatic heterocycles. The first-order valence-electron chi connectivity index (χ1n) is 7.15. The molecule has 2 rings (SSSR count). The molecular weight excluding hydrogens is 312 g/mol. The maximum Gasteiger partial charge on any atom is 0.262 e. The molecular formula is C17H20N2O3S. The topological polar surface area (TPSA) is 66.5 Å². The highest BCUT2D eigenvalue weighted by Gasteiger charge is 2.17. The van der Waals surface area contributed by atoms with Crippen molar-refractivity contribution in [2.75, 3.05) is 16.7 Å². The summed E-state index contributed by atoms with van der Waals surface area (Å²) in [5.74, 6) is -0.0892. The van der Waals surface area contributed by atoms with Gasteiger partial charge in [-0.3, -0.25) is 9.52 Å². The molecule has 0 saturated heterocycles. The number of hydrogen-bond donors (Lipinski definition) is 1. The number of carbonyl (C=O) groups excluding carboxylic acids is 1. The zero-order chi connectivity index (χ0) is 17.2. The van der Waals surface area contributed by atoms with Crippen LogP contribution >= 0.6 is 0 Å². The molecule has 0 spiro atoms. The molecule has 2 aromatic carbocycles.